The molecule has 5 nitrogen and oxygen atoms in total. The summed E-state index contributed by atoms with van der Waals surface area (Å²) < 4.78 is 5.77. The van der Waals surface area contributed by atoms with Gasteiger partial charge in [-0.15, -0.1) is 0 Å². The third-order valence-electron chi connectivity index (χ3n) is 4.48. The highest BCUT2D eigenvalue weighted by Crippen LogP contribution is 2.32. The summed E-state index contributed by atoms with van der Waals surface area (Å²) in [6, 6.07) is 20.5. The van der Waals surface area contributed by atoms with Gasteiger partial charge in [-0.05, 0) is 35.0 Å². The van der Waals surface area contributed by atoms with Crippen LogP contribution in [0.5, 0.6) is 5.75 Å². The minimum absolute atomic E-state index is 0.0589. The topological polar surface area (TPSA) is 58.6 Å². The zero-order valence-corrected chi connectivity index (χ0v) is 15.1. The summed E-state index contributed by atoms with van der Waals surface area (Å²) >= 11 is 0. The molecule has 3 aromatic rings. The number of hydrogen-bond acceptors (Lipinski definition) is 3. The van der Waals surface area contributed by atoms with Crippen LogP contribution < -0.4 is 15.2 Å². The smallest absolute Gasteiger partial charge is 0.282 e. The number of anilines is 1. The number of carbonyl (C=O) groups excluding carboxylic acids is 2. The van der Waals surface area contributed by atoms with Gasteiger partial charge in [0.15, 0.2) is 0 Å². The van der Waals surface area contributed by atoms with Crippen LogP contribution in [0.2, 0.25) is 0 Å². The van der Waals surface area contributed by atoms with Crippen molar-refractivity contribution in [1.82, 2.24) is 5.43 Å². The quantitative estimate of drug-likeness (QED) is 0.421. The van der Waals surface area contributed by atoms with Crippen LogP contribution in [-0.4, -0.2) is 18.4 Å². The Labute approximate surface area is 162 Å². The first-order chi connectivity index (χ1) is 13.7. The summed E-state index contributed by atoms with van der Waals surface area (Å²) in [5.74, 6) is -0.264. The number of para-hydroxylation sites is 1. The minimum Gasteiger partial charge on any atom is -0.489 e. The number of hydrogen-bond donors (Lipinski definition) is 1. The van der Waals surface area contributed by atoms with E-state index < -0.39 is 11.8 Å². The van der Waals surface area contributed by atoms with Gasteiger partial charge in [0.2, 0.25) is 0 Å². The molecule has 138 valence electrons. The molecule has 1 fully saturated rings. The number of carbonyl (C=O) groups is 2. The van der Waals surface area contributed by atoms with Gasteiger partial charge in [-0.2, -0.15) is 0 Å². The second-order valence-corrected chi connectivity index (χ2v) is 6.27. The van der Waals surface area contributed by atoms with Crippen molar-refractivity contribution in [1.29, 1.82) is 0 Å². The van der Waals surface area contributed by atoms with Gasteiger partial charge in [0.25, 0.3) is 11.8 Å². The van der Waals surface area contributed by atoms with E-state index in [1.807, 2.05) is 54.6 Å². The van der Waals surface area contributed by atoms with Crippen molar-refractivity contribution in [2.45, 2.75) is 0 Å². The number of nitrogens with one attached hydrogen (secondary N) is 1. The van der Waals surface area contributed by atoms with E-state index in [0.717, 1.165) is 10.8 Å². The fourth-order valence-corrected chi connectivity index (χ4v) is 3.16. The van der Waals surface area contributed by atoms with E-state index in [9.17, 15) is 9.59 Å². The summed E-state index contributed by atoms with van der Waals surface area (Å²) in [7, 11) is 0. The zero-order valence-electron chi connectivity index (χ0n) is 15.1. The molecular weight excluding hydrogens is 352 g/mol. The van der Waals surface area contributed by atoms with Gasteiger partial charge in [-0.1, -0.05) is 61.2 Å². The van der Waals surface area contributed by atoms with Crippen molar-refractivity contribution in [3.05, 3.63) is 90.5 Å². The van der Waals surface area contributed by atoms with Crippen LogP contribution in [0.25, 0.3) is 16.8 Å². The maximum absolute atomic E-state index is 12.9. The molecule has 2 amide bonds. The first-order valence-electron chi connectivity index (χ1n) is 8.86. The van der Waals surface area contributed by atoms with Crippen LogP contribution in [0, 0.1) is 0 Å². The van der Waals surface area contributed by atoms with E-state index in [2.05, 4.69) is 12.0 Å². The molecule has 4 rings (SSSR count). The molecule has 1 aliphatic heterocycles. The number of hydrazine groups is 1. The average Bonchev–Trinajstić information content (AvgIpc) is 3.02. The molecule has 0 saturated carbocycles. The SMILES string of the molecule is C=CCOc1ccc2ccccc2c1C=C1C(=O)NN(c2ccccc2)C1=O. The molecule has 0 aromatic heterocycles. The Morgan fingerprint density at radius 3 is 2.50 bits per heavy atom. The van der Waals surface area contributed by atoms with Crippen molar-refractivity contribution in [2.24, 2.45) is 0 Å². The van der Waals surface area contributed by atoms with Gasteiger partial charge in [0, 0.05) is 5.56 Å². The Morgan fingerprint density at radius 1 is 0.964 bits per heavy atom. The van der Waals surface area contributed by atoms with E-state index in [4.69, 9.17) is 4.74 Å². The van der Waals surface area contributed by atoms with Crippen LogP contribution in [0.1, 0.15) is 5.56 Å². The van der Waals surface area contributed by atoms with Gasteiger partial charge in [-0.25, -0.2) is 5.01 Å². The average molecular weight is 370 g/mol. The molecule has 0 bridgehead atoms. The first kappa shape index (κ1) is 17.5. The first-order valence-corrected chi connectivity index (χ1v) is 8.86. The highest BCUT2D eigenvalue weighted by molar-refractivity contribution is 6.32. The highest BCUT2D eigenvalue weighted by Gasteiger charge is 2.34. The van der Waals surface area contributed by atoms with E-state index in [1.54, 1.807) is 24.3 Å². The van der Waals surface area contributed by atoms with Gasteiger partial charge in [-0.3, -0.25) is 15.0 Å². The van der Waals surface area contributed by atoms with E-state index in [1.165, 1.54) is 5.01 Å². The summed E-state index contributed by atoms with van der Waals surface area (Å²) in [5.41, 5.74) is 3.97. The van der Waals surface area contributed by atoms with Crippen molar-refractivity contribution in [3.63, 3.8) is 0 Å². The number of benzene rings is 3. The van der Waals surface area contributed by atoms with Gasteiger partial charge >= 0.3 is 0 Å². The molecule has 28 heavy (non-hydrogen) atoms. The van der Waals surface area contributed by atoms with Crippen molar-refractivity contribution in [3.8, 4) is 5.75 Å². The van der Waals surface area contributed by atoms with Crippen molar-refractivity contribution >= 4 is 34.4 Å². The second kappa shape index (κ2) is 7.40. The molecule has 5 heteroatoms. The van der Waals surface area contributed by atoms with E-state index >= 15 is 0 Å². The summed E-state index contributed by atoms with van der Waals surface area (Å²) in [5, 5.41) is 3.14. The molecule has 0 aliphatic carbocycles. The maximum atomic E-state index is 12.9. The lowest BCUT2D eigenvalue weighted by atomic mass is 10.0. The van der Waals surface area contributed by atoms with Crippen LogP contribution in [0.3, 0.4) is 0 Å². The summed E-state index contributed by atoms with van der Waals surface area (Å²) in [6.45, 7) is 4.00. The number of amides is 2. The Bertz CT molecular complexity index is 1100. The Morgan fingerprint density at radius 2 is 1.71 bits per heavy atom. The molecule has 1 aliphatic rings. The number of ether oxygens (including phenoxy) is 1. The van der Waals surface area contributed by atoms with Crippen LogP contribution >= 0.6 is 0 Å². The molecular formula is C23H18N2O3. The normalized spacial score (nSPS) is 15.1. The van der Waals surface area contributed by atoms with Crippen LogP contribution in [-0.2, 0) is 9.59 Å². The predicted octanol–water partition coefficient (Wildman–Crippen LogP) is 3.87. The lowest BCUT2D eigenvalue weighted by Crippen LogP contribution is -2.35. The minimum atomic E-state index is -0.448. The number of rotatable bonds is 5. The number of nitrogens with zero attached hydrogens (tertiary/aromatic N) is 1. The molecule has 0 atom stereocenters. The zero-order chi connectivity index (χ0) is 19.5. The molecule has 0 unspecified atom stereocenters. The molecule has 1 heterocycles. The van der Waals surface area contributed by atoms with Gasteiger partial charge in [0.05, 0.1) is 5.69 Å². The Kier molecular flexibility index (Phi) is 4.64. The van der Waals surface area contributed by atoms with Crippen LogP contribution in [0.4, 0.5) is 5.69 Å². The fraction of sp³-hybridized carbons (Fsp3) is 0.0435. The molecule has 1 N–H and O–H groups in total. The van der Waals surface area contributed by atoms with E-state index in [-0.39, 0.29) is 5.57 Å². The molecule has 0 spiro atoms. The van der Waals surface area contributed by atoms with Gasteiger partial charge < -0.3 is 4.74 Å². The second-order valence-electron chi connectivity index (χ2n) is 6.27. The Balaban J connectivity index is 1.81. The van der Waals surface area contributed by atoms with Gasteiger partial charge in [0.1, 0.15) is 17.9 Å². The molecule has 0 radical (unpaired) electrons. The third-order valence-corrected chi connectivity index (χ3v) is 4.48. The monoisotopic (exact) mass is 370 g/mol. The summed E-state index contributed by atoms with van der Waals surface area (Å²) in [6.07, 6.45) is 3.25. The van der Waals surface area contributed by atoms with Crippen molar-refractivity contribution in [2.75, 3.05) is 11.6 Å². The lowest BCUT2D eigenvalue weighted by molar-refractivity contribution is -0.117. The molecule has 3 aromatic carbocycles. The van der Waals surface area contributed by atoms with Crippen LogP contribution in [0.15, 0.2) is 85.0 Å². The Hall–Kier alpha value is -3.86. The third kappa shape index (κ3) is 3.14. The number of fused-ring (bicyclic) bond motifs is 1. The lowest BCUT2D eigenvalue weighted by Gasteiger charge is -2.14. The van der Waals surface area contributed by atoms with E-state index in [0.29, 0.717) is 23.6 Å². The maximum Gasteiger partial charge on any atom is 0.282 e. The fourth-order valence-electron chi connectivity index (χ4n) is 3.16. The largest absolute Gasteiger partial charge is 0.489 e. The standard InChI is InChI=1S/C23H18N2O3/c1-2-14-28-21-13-12-16-8-6-7-11-18(16)19(21)15-20-22(26)24-25(23(20)27)17-9-4-3-5-10-17/h2-13,15H,1,14H2,(H,24,26). The molecule has 1 saturated heterocycles. The predicted molar refractivity (Wildman–Crippen MR) is 110 cm³/mol. The highest BCUT2D eigenvalue weighted by atomic mass is 16.5. The van der Waals surface area contributed by atoms with Crippen molar-refractivity contribution < 1.29 is 14.3 Å². The summed E-state index contributed by atoms with van der Waals surface area (Å²) in [4.78, 5) is 25.4.